The first kappa shape index (κ1) is 21.6. The summed E-state index contributed by atoms with van der Waals surface area (Å²) in [4.78, 5) is 15.1. The van der Waals surface area contributed by atoms with Crippen molar-refractivity contribution >= 4 is 23.4 Å². The summed E-state index contributed by atoms with van der Waals surface area (Å²) in [5, 5.41) is 12.4. The normalized spacial score (nSPS) is 18.0. The minimum Gasteiger partial charge on any atom is -0.364 e. The molecular formula is C26H31N3O. The van der Waals surface area contributed by atoms with Crippen LogP contribution in [-0.2, 0) is 4.79 Å². The molecule has 2 aromatic rings. The van der Waals surface area contributed by atoms with E-state index in [1.165, 1.54) is 11.3 Å². The number of fused-ring (bicyclic) bond motifs is 1. The van der Waals surface area contributed by atoms with Gasteiger partial charge in [-0.2, -0.15) is 5.26 Å². The van der Waals surface area contributed by atoms with Crippen LogP contribution in [0.5, 0.6) is 0 Å². The van der Waals surface area contributed by atoms with Crippen molar-refractivity contribution in [3.05, 3.63) is 64.7 Å². The number of para-hydroxylation sites is 1. The molecule has 0 radical (unpaired) electrons. The molecule has 0 aromatic heterocycles. The Morgan fingerprint density at radius 2 is 1.97 bits per heavy atom. The van der Waals surface area contributed by atoms with E-state index < -0.39 is 0 Å². The quantitative estimate of drug-likeness (QED) is 0.502. The van der Waals surface area contributed by atoms with E-state index in [4.69, 9.17) is 0 Å². The molecule has 3 rings (SSSR count). The average Bonchev–Trinajstić information content (AvgIpc) is 2.67. The first-order chi connectivity index (χ1) is 14.1. The maximum absolute atomic E-state index is 12.7. The van der Waals surface area contributed by atoms with Crippen molar-refractivity contribution in [3.63, 3.8) is 0 Å². The molecule has 0 saturated carbocycles. The van der Waals surface area contributed by atoms with E-state index in [0.29, 0.717) is 12.0 Å². The lowest BCUT2D eigenvalue weighted by Crippen LogP contribution is -2.51. The summed E-state index contributed by atoms with van der Waals surface area (Å²) in [5.74, 6) is 0.0205. The molecule has 1 aliphatic heterocycles. The molecule has 0 aliphatic carbocycles. The molecule has 2 aromatic carbocycles. The number of rotatable bonds is 4. The molecular weight excluding hydrogens is 370 g/mol. The highest BCUT2D eigenvalue weighted by Gasteiger charge is 2.37. The van der Waals surface area contributed by atoms with E-state index in [0.717, 1.165) is 23.2 Å². The summed E-state index contributed by atoms with van der Waals surface area (Å²) >= 11 is 0. The molecule has 4 nitrogen and oxygen atoms in total. The standard InChI is InChI=1S/C26H31N3O/c1-17(2)29-24-12-11-20(14-22(24)19(4)15-26(29,5)6)13-21(16-27)25(30)28-23-10-8-7-9-18(23)3/h7-14,17,19H,15H2,1-6H3,(H,28,30)/b21-13-/t19-/m1/s1. The number of nitriles is 1. The molecule has 156 valence electrons. The SMILES string of the molecule is Cc1ccccc1NC(=O)/C(C#N)=C\c1ccc2c(c1)[C@H](C)CC(C)(C)N2C(C)C. The number of anilines is 2. The van der Waals surface area contributed by atoms with Crippen LogP contribution in [0, 0.1) is 18.3 Å². The van der Waals surface area contributed by atoms with Crippen molar-refractivity contribution in [2.45, 2.75) is 65.5 Å². The second-order valence-electron chi connectivity index (χ2n) is 9.14. The van der Waals surface area contributed by atoms with Crippen molar-refractivity contribution < 1.29 is 4.79 Å². The number of amides is 1. The molecule has 0 unspecified atom stereocenters. The summed E-state index contributed by atoms with van der Waals surface area (Å²) in [7, 11) is 0. The van der Waals surface area contributed by atoms with Crippen LogP contribution in [-0.4, -0.2) is 17.5 Å². The molecule has 0 fully saturated rings. The number of nitrogens with one attached hydrogen (secondary N) is 1. The zero-order chi connectivity index (χ0) is 22.1. The summed E-state index contributed by atoms with van der Waals surface area (Å²) in [6.45, 7) is 13.2. The fourth-order valence-corrected chi connectivity index (χ4v) is 4.76. The number of hydrogen-bond donors (Lipinski definition) is 1. The molecule has 1 atom stereocenters. The number of benzene rings is 2. The minimum atomic E-state index is -0.387. The third-order valence-electron chi connectivity index (χ3n) is 5.89. The first-order valence-corrected chi connectivity index (χ1v) is 10.6. The maximum Gasteiger partial charge on any atom is 0.266 e. The van der Waals surface area contributed by atoms with Crippen molar-refractivity contribution in [3.8, 4) is 6.07 Å². The van der Waals surface area contributed by atoms with Crippen LogP contribution < -0.4 is 10.2 Å². The van der Waals surface area contributed by atoms with Crippen LogP contribution in [0.25, 0.3) is 6.08 Å². The summed E-state index contributed by atoms with van der Waals surface area (Å²) in [6, 6.07) is 16.3. The first-order valence-electron chi connectivity index (χ1n) is 10.6. The van der Waals surface area contributed by atoms with Crippen molar-refractivity contribution in [2.75, 3.05) is 10.2 Å². The largest absolute Gasteiger partial charge is 0.364 e. The van der Waals surface area contributed by atoms with Gasteiger partial charge in [0.1, 0.15) is 11.6 Å². The van der Waals surface area contributed by atoms with Gasteiger partial charge < -0.3 is 10.2 Å². The third-order valence-corrected chi connectivity index (χ3v) is 5.89. The van der Waals surface area contributed by atoms with Crippen LogP contribution in [0.15, 0.2) is 48.0 Å². The zero-order valence-electron chi connectivity index (χ0n) is 18.8. The van der Waals surface area contributed by atoms with Crippen molar-refractivity contribution in [1.82, 2.24) is 0 Å². The minimum absolute atomic E-state index is 0.0865. The Kier molecular flexibility index (Phi) is 6.03. The van der Waals surface area contributed by atoms with Gasteiger partial charge in [-0.3, -0.25) is 4.79 Å². The molecule has 1 N–H and O–H groups in total. The van der Waals surface area contributed by atoms with Gasteiger partial charge in [0.15, 0.2) is 0 Å². The van der Waals surface area contributed by atoms with E-state index in [1.807, 2.05) is 37.3 Å². The summed E-state index contributed by atoms with van der Waals surface area (Å²) in [6.07, 6.45) is 2.74. The number of carbonyl (C=O) groups excluding carboxylic acids is 1. The predicted octanol–water partition coefficient (Wildman–Crippen LogP) is 6.04. The Morgan fingerprint density at radius 1 is 1.27 bits per heavy atom. The highest BCUT2D eigenvalue weighted by atomic mass is 16.1. The van der Waals surface area contributed by atoms with Gasteiger partial charge >= 0.3 is 0 Å². The maximum atomic E-state index is 12.7. The highest BCUT2D eigenvalue weighted by molar-refractivity contribution is 6.10. The number of hydrogen-bond acceptors (Lipinski definition) is 3. The monoisotopic (exact) mass is 401 g/mol. The second-order valence-corrected chi connectivity index (χ2v) is 9.14. The lowest BCUT2D eigenvalue weighted by Gasteiger charge is -2.50. The van der Waals surface area contributed by atoms with Gasteiger partial charge in [-0.25, -0.2) is 0 Å². The lowest BCUT2D eigenvalue weighted by molar-refractivity contribution is -0.112. The Bertz CT molecular complexity index is 1030. The molecule has 4 heteroatoms. The molecule has 1 heterocycles. The molecule has 0 bridgehead atoms. The second kappa shape index (κ2) is 8.36. The summed E-state index contributed by atoms with van der Waals surface area (Å²) in [5.41, 5.74) is 5.26. The van der Waals surface area contributed by atoms with Crippen LogP contribution in [0.1, 0.15) is 63.6 Å². The Hall–Kier alpha value is -3.06. The van der Waals surface area contributed by atoms with E-state index in [-0.39, 0.29) is 17.0 Å². The van der Waals surface area contributed by atoms with Gasteiger partial charge in [-0.05, 0) is 87.9 Å². The Morgan fingerprint density at radius 3 is 2.60 bits per heavy atom. The van der Waals surface area contributed by atoms with Gasteiger partial charge in [0.05, 0.1) is 0 Å². The molecule has 30 heavy (non-hydrogen) atoms. The average molecular weight is 402 g/mol. The van der Waals surface area contributed by atoms with Gasteiger partial charge in [-0.1, -0.05) is 31.2 Å². The Labute approximate surface area is 180 Å². The Balaban J connectivity index is 1.94. The van der Waals surface area contributed by atoms with Crippen LogP contribution in [0.3, 0.4) is 0 Å². The zero-order valence-corrected chi connectivity index (χ0v) is 18.8. The van der Waals surface area contributed by atoms with E-state index in [9.17, 15) is 10.1 Å². The predicted molar refractivity (Wildman–Crippen MR) is 125 cm³/mol. The molecule has 1 amide bonds. The fourth-order valence-electron chi connectivity index (χ4n) is 4.76. The van der Waals surface area contributed by atoms with Gasteiger partial charge in [0.25, 0.3) is 5.91 Å². The van der Waals surface area contributed by atoms with E-state index >= 15 is 0 Å². The topological polar surface area (TPSA) is 56.1 Å². The van der Waals surface area contributed by atoms with Gasteiger partial charge in [-0.15, -0.1) is 0 Å². The fraction of sp³-hybridized carbons (Fsp3) is 0.385. The number of aryl methyl sites for hydroxylation is 1. The van der Waals surface area contributed by atoms with E-state index in [1.54, 1.807) is 6.08 Å². The summed E-state index contributed by atoms with van der Waals surface area (Å²) < 4.78 is 0. The number of carbonyl (C=O) groups is 1. The highest BCUT2D eigenvalue weighted by Crippen LogP contribution is 2.44. The molecule has 1 aliphatic rings. The third kappa shape index (κ3) is 4.26. The van der Waals surface area contributed by atoms with Gasteiger partial charge in [0.2, 0.25) is 0 Å². The molecule has 0 spiro atoms. The van der Waals surface area contributed by atoms with Crippen LogP contribution >= 0.6 is 0 Å². The number of nitrogens with zero attached hydrogens (tertiary/aromatic N) is 2. The van der Waals surface area contributed by atoms with Gasteiger partial charge in [0, 0.05) is 23.0 Å². The van der Waals surface area contributed by atoms with Crippen LogP contribution in [0.4, 0.5) is 11.4 Å². The van der Waals surface area contributed by atoms with E-state index in [2.05, 4.69) is 63.0 Å². The van der Waals surface area contributed by atoms with Crippen molar-refractivity contribution in [2.24, 2.45) is 0 Å². The smallest absolute Gasteiger partial charge is 0.266 e. The lowest BCUT2D eigenvalue weighted by atomic mass is 9.79. The van der Waals surface area contributed by atoms with Crippen molar-refractivity contribution in [1.29, 1.82) is 5.26 Å². The molecule has 0 saturated heterocycles. The van der Waals surface area contributed by atoms with Crippen LogP contribution in [0.2, 0.25) is 0 Å².